The summed E-state index contributed by atoms with van der Waals surface area (Å²) >= 11 is 4.81. The standard InChI is InChI=1S/C6H2BrF3INO/c7-3-1-5(11)12-2-4(3)13-6(8,9)10/h1-2H. The van der Waals surface area contributed by atoms with E-state index in [-0.39, 0.29) is 10.2 Å². The summed E-state index contributed by atoms with van der Waals surface area (Å²) in [6.07, 6.45) is -3.67. The Balaban J connectivity index is 2.90. The minimum absolute atomic E-state index is 0.226. The minimum atomic E-state index is -4.68. The topological polar surface area (TPSA) is 22.1 Å². The van der Waals surface area contributed by atoms with Gasteiger partial charge in [-0.2, -0.15) is 0 Å². The molecular formula is C6H2BrF3INO. The van der Waals surface area contributed by atoms with Crippen molar-refractivity contribution in [2.24, 2.45) is 0 Å². The molecule has 1 aromatic heterocycles. The van der Waals surface area contributed by atoms with E-state index < -0.39 is 6.36 Å². The molecule has 0 fully saturated rings. The molecule has 0 aliphatic rings. The molecule has 2 nitrogen and oxygen atoms in total. The highest BCUT2D eigenvalue weighted by atomic mass is 127. The molecule has 0 radical (unpaired) electrons. The third-order valence-corrected chi connectivity index (χ3v) is 2.22. The zero-order valence-corrected chi connectivity index (χ0v) is 9.64. The highest BCUT2D eigenvalue weighted by molar-refractivity contribution is 14.1. The first-order chi connectivity index (χ1) is 5.88. The molecular weight excluding hydrogens is 366 g/mol. The highest BCUT2D eigenvalue weighted by Crippen LogP contribution is 2.30. The fourth-order valence-electron chi connectivity index (χ4n) is 0.595. The van der Waals surface area contributed by atoms with E-state index in [0.717, 1.165) is 6.20 Å². The third kappa shape index (κ3) is 3.67. The summed E-state index contributed by atoms with van der Waals surface area (Å²) in [5.74, 6) is -0.340. The fourth-order valence-corrected chi connectivity index (χ4v) is 1.87. The molecule has 1 rings (SSSR count). The van der Waals surface area contributed by atoms with Crippen molar-refractivity contribution in [1.29, 1.82) is 0 Å². The molecule has 0 saturated carbocycles. The molecule has 0 aliphatic carbocycles. The molecule has 13 heavy (non-hydrogen) atoms. The maximum absolute atomic E-state index is 11.7. The van der Waals surface area contributed by atoms with Gasteiger partial charge in [-0.25, -0.2) is 4.98 Å². The molecule has 0 amide bonds. The molecule has 0 spiro atoms. The van der Waals surface area contributed by atoms with E-state index in [9.17, 15) is 13.2 Å². The lowest BCUT2D eigenvalue weighted by Gasteiger charge is -2.09. The average molecular weight is 368 g/mol. The number of pyridine rings is 1. The van der Waals surface area contributed by atoms with E-state index in [1.807, 2.05) is 22.6 Å². The predicted molar refractivity (Wildman–Crippen MR) is 51.3 cm³/mol. The molecule has 0 unspecified atom stereocenters. The summed E-state index contributed by atoms with van der Waals surface area (Å²) in [5, 5.41) is 0. The van der Waals surface area contributed by atoms with Crippen LogP contribution in [0.3, 0.4) is 0 Å². The fraction of sp³-hybridized carbons (Fsp3) is 0.167. The third-order valence-electron chi connectivity index (χ3n) is 1.01. The van der Waals surface area contributed by atoms with Gasteiger partial charge in [-0.05, 0) is 44.6 Å². The van der Waals surface area contributed by atoms with Crippen LogP contribution in [0.25, 0.3) is 0 Å². The Morgan fingerprint density at radius 1 is 1.46 bits per heavy atom. The van der Waals surface area contributed by atoms with Gasteiger partial charge in [0, 0.05) is 0 Å². The van der Waals surface area contributed by atoms with Gasteiger partial charge >= 0.3 is 6.36 Å². The molecule has 0 atom stereocenters. The quantitative estimate of drug-likeness (QED) is 0.561. The predicted octanol–water partition coefficient (Wildman–Crippen LogP) is 3.35. The van der Waals surface area contributed by atoms with Gasteiger partial charge in [-0.3, -0.25) is 0 Å². The molecule has 0 aliphatic heterocycles. The van der Waals surface area contributed by atoms with Crippen LogP contribution in [0.15, 0.2) is 16.7 Å². The summed E-state index contributed by atoms with van der Waals surface area (Å²) in [6.45, 7) is 0. The van der Waals surface area contributed by atoms with Crippen molar-refractivity contribution >= 4 is 38.5 Å². The summed E-state index contributed by atoms with van der Waals surface area (Å²) < 4.78 is 39.7. The first-order valence-corrected chi connectivity index (χ1v) is 4.82. The molecule has 0 aromatic carbocycles. The molecule has 1 aromatic rings. The Bertz CT molecular complexity index is 317. The maximum Gasteiger partial charge on any atom is 0.573 e. The van der Waals surface area contributed by atoms with Crippen LogP contribution in [0.5, 0.6) is 5.75 Å². The molecule has 72 valence electrons. The Kier molecular flexibility index (Phi) is 3.38. The summed E-state index contributed by atoms with van der Waals surface area (Å²) in [7, 11) is 0. The van der Waals surface area contributed by atoms with E-state index in [2.05, 4.69) is 25.7 Å². The first-order valence-electron chi connectivity index (χ1n) is 2.95. The van der Waals surface area contributed by atoms with Crippen LogP contribution < -0.4 is 4.74 Å². The van der Waals surface area contributed by atoms with Crippen molar-refractivity contribution in [2.75, 3.05) is 0 Å². The van der Waals surface area contributed by atoms with Crippen molar-refractivity contribution in [3.63, 3.8) is 0 Å². The number of halogens is 5. The van der Waals surface area contributed by atoms with E-state index >= 15 is 0 Å². The van der Waals surface area contributed by atoms with Crippen LogP contribution in [0.4, 0.5) is 13.2 Å². The Morgan fingerprint density at radius 3 is 2.54 bits per heavy atom. The lowest BCUT2D eigenvalue weighted by molar-refractivity contribution is -0.275. The molecule has 0 N–H and O–H groups in total. The molecule has 0 bridgehead atoms. The maximum atomic E-state index is 11.7. The number of rotatable bonds is 1. The number of hydrogen-bond acceptors (Lipinski definition) is 2. The van der Waals surface area contributed by atoms with Gasteiger partial charge in [-0.15, -0.1) is 13.2 Å². The van der Waals surface area contributed by atoms with Gasteiger partial charge in [0.1, 0.15) is 3.70 Å². The van der Waals surface area contributed by atoms with Crippen molar-refractivity contribution in [2.45, 2.75) is 6.36 Å². The van der Waals surface area contributed by atoms with E-state index in [1.54, 1.807) is 0 Å². The number of nitrogens with zero attached hydrogens (tertiary/aromatic N) is 1. The lowest BCUT2D eigenvalue weighted by Crippen LogP contribution is -2.17. The zero-order chi connectivity index (χ0) is 10.1. The second-order valence-electron chi connectivity index (χ2n) is 1.99. The smallest absolute Gasteiger partial charge is 0.403 e. The number of aromatic nitrogens is 1. The Labute approximate surface area is 93.8 Å². The normalized spacial score (nSPS) is 11.5. The van der Waals surface area contributed by atoms with Gasteiger partial charge in [0.2, 0.25) is 0 Å². The monoisotopic (exact) mass is 367 g/mol. The second-order valence-corrected chi connectivity index (χ2v) is 3.94. The van der Waals surface area contributed by atoms with E-state index in [0.29, 0.717) is 3.70 Å². The van der Waals surface area contributed by atoms with Crippen molar-refractivity contribution in [3.05, 3.63) is 20.4 Å². The number of hydrogen-bond donors (Lipinski definition) is 0. The second kappa shape index (κ2) is 3.99. The highest BCUT2D eigenvalue weighted by Gasteiger charge is 2.32. The summed E-state index contributed by atoms with van der Waals surface area (Å²) in [4.78, 5) is 3.66. The minimum Gasteiger partial charge on any atom is -0.403 e. The van der Waals surface area contributed by atoms with Gasteiger partial charge in [-0.1, -0.05) is 0 Å². The average Bonchev–Trinajstić information content (AvgIpc) is 1.93. The van der Waals surface area contributed by atoms with Crippen LogP contribution in [0.2, 0.25) is 0 Å². The van der Waals surface area contributed by atoms with Crippen molar-refractivity contribution in [1.82, 2.24) is 4.98 Å². The number of ether oxygens (including phenoxy) is 1. The van der Waals surface area contributed by atoms with Gasteiger partial charge in [0.15, 0.2) is 5.75 Å². The molecule has 7 heteroatoms. The van der Waals surface area contributed by atoms with Gasteiger partial charge in [0.25, 0.3) is 0 Å². The van der Waals surface area contributed by atoms with Crippen LogP contribution >= 0.6 is 38.5 Å². The van der Waals surface area contributed by atoms with Gasteiger partial charge in [0.05, 0.1) is 10.7 Å². The Morgan fingerprint density at radius 2 is 2.08 bits per heavy atom. The van der Waals surface area contributed by atoms with Crippen LogP contribution in [-0.4, -0.2) is 11.3 Å². The Hall–Kier alpha value is -0.0500. The summed E-state index contributed by atoms with van der Waals surface area (Å²) in [6, 6.07) is 1.43. The van der Waals surface area contributed by atoms with Gasteiger partial charge < -0.3 is 4.74 Å². The molecule has 1 heterocycles. The number of alkyl halides is 3. The largest absolute Gasteiger partial charge is 0.573 e. The lowest BCUT2D eigenvalue weighted by atomic mass is 10.5. The SMILES string of the molecule is FC(F)(F)Oc1cnc(I)cc1Br. The first kappa shape index (κ1) is 11.0. The van der Waals surface area contributed by atoms with Crippen LogP contribution in [0, 0.1) is 3.70 Å². The van der Waals surface area contributed by atoms with E-state index in [1.165, 1.54) is 6.07 Å². The van der Waals surface area contributed by atoms with Crippen molar-refractivity contribution < 1.29 is 17.9 Å². The van der Waals surface area contributed by atoms with Crippen LogP contribution in [0.1, 0.15) is 0 Å². The van der Waals surface area contributed by atoms with Crippen LogP contribution in [-0.2, 0) is 0 Å². The van der Waals surface area contributed by atoms with E-state index in [4.69, 9.17) is 0 Å². The molecule has 0 saturated heterocycles. The zero-order valence-electron chi connectivity index (χ0n) is 5.90. The summed E-state index contributed by atoms with van der Waals surface area (Å²) in [5.41, 5.74) is 0. The van der Waals surface area contributed by atoms with Crippen molar-refractivity contribution in [3.8, 4) is 5.75 Å².